The maximum absolute atomic E-state index is 12.4. The van der Waals surface area contributed by atoms with Gasteiger partial charge in [0.15, 0.2) is 0 Å². The SMILES string of the molecule is CNCC1CCCN(CC(=O)N(C)Cc2ccccc2Br)C1. The van der Waals surface area contributed by atoms with Crippen LogP contribution in [0, 0.1) is 5.92 Å². The van der Waals surface area contributed by atoms with Crippen molar-refractivity contribution in [3.05, 3.63) is 34.3 Å². The zero-order valence-corrected chi connectivity index (χ0v) is 15.1. The van der Waals surface area contributed by atoms with Crippen LogP contribution in [0.1, 0.15) is 18.4 Å². The molecule has 1 aromatic carbocycles. The number of amides is 1. The largest absolute Gasteiger partial charge is 0.340 e. The van der Waals surface area contributed by atoms with Gasteiger partial charge in [0.1, 0.15) is 0 Å². The summed E-state index contributed by atoms with van der Waals surface area (Å²) in [4.78, 5) is 16.6. The first kappa shape index (κ1) is 17.4. The van der Waals surface area contributed by atoms with Crippen LogP contribution in [0.5, 0.6) is 0 Å². The molecule has 0 saturated carbocycles. The molecule has 1 amide bonds. The van der Waals surface area contributed by atoms with E-state index in [1.54, 1.807) is 0 Å². The quantitative estimate of drug-likeness (QED) is 0.837. The normalized spacial score (nSPS) is 19.1. The first-order valence-corrected chi connectivity index (χ1v) is 8.73. The van der Waals surface area contributed by atoms with E-state index in [0.29, 0.717) is 19.0 Å². The molecule has 1 atom stereocenters. The Labute approximate surface area is 142 Å². The van der Waals surface area contributed by atoms with Crippen LogP contribution in [0.4, 0.5) is 0 Å². The zero-order chi connectivity index (χ0) is 15.9. The number of hydrogen-bond donors (Lipinski definition) is 1. The Hall–Kier alpha value is -0.910. The van der Waals surface area contributed by atoms with Crippen LogP contribution in [0.25, 0.3) is 0 Å². The predicted molar refractivity (Wildman–Crippen MR) is 93.7 cm³/mol. The number of piperidine rings is 1. The lowest BCUT2D eigenvalue weighted by molar-refractivity contribution is -0.132. The number of halogens is 1. The fourth-order valence-corrected chi connectivity index (χ4v) is 3.44. The fourth-order valence-electron chi connectivity index (χ4n) is 3.03. The van der Waals surface area contributed by atoms with Gasteiger partial charge in [-0.25, -0.2) is 0 Å². The molecule has 122 valence electrons. The second-order valence-corrected chi connectivity index (χ2v) is 7.00. The molecule has 1 heterocycles. The van der Waals surface area contributed by atoms with Crippen molar-refractivity contribution >= 4 is 21.8 Å². The molecule has 0 spiro atoms. The van der Waals surface area contributed by atoms with Crippen molar-refractivity contribution in [3.63, 3.8) is 0 Å². The van der Waals surface area contributed by atoms with E-state index in [1.165, 1.54) is 12.8 Å². The van der Waals surface area contributed by atoms with Gasteiger partial charge in [-0.15, -0.1) is 0 Å². The fraction of sp³-hybridized carbons (Fsp3) is 0.588. The van der Waals surface area contributed by atoms with Crippen LogP contribution < -0.4 is 5.32 Å². The molecule has 0 aromatic heterocycles. The monoisotopic (exact) mass is 367 g/mol. The molecule has 1 saturated heterocycles. The third-order valence-corrected chi connectivity index (χ3v) is 5.02. The summed E-state index contributed by atoms with van der Waals surface area (Å²) in [6.45, 7) is 4.27. The highest BCUT2D eigenvalue weighted by atomic mass is 79.9. The minimum atomic E-state index is 0.195. The molecule has 1 N–H and O–H groups in total. The molecular formula is C17H26BrN3O. The molecule has 1 aliphatic rings. The maximum Gasteiger partial charge on any atom is 0.236 e. The van der Waals surface area contributed by atoms with E-state index in [4.69, 9.17) is 0 Å². The lowest BCUT2D eigenvalue weighted by atomic mass is 9.98. The number of likely N-dealkylation sites (tertiary alicyclic amines) is 1. The lowest BCUT2D eigenvalue weighted by Gasteiger charge is -2.33. The van der Waals surface area contributed by atoms with Gasteiger partial charge in [0.2, 0.25) is 5.91 Å². The Kier molecular flexibility index (Phi) is 6.86. The van der Waals surface area contributed by atoms with Crippen molar-refractivity contribution in [2.75, 3.05) is 40.3 Å². The van der Waals surface area contributed by atoms with Crippen LogP contribution >= 0.6 is 15.9 Å². The minimum Gasteiger partial charge on any atom is -0.340 e. The molecular weight excluding hydrogens is 342 g/mol. The molecule has 22 heavy (non-hydrogen) atoms. The third-order valence-electron chi connectivity index (χ3n) is 4.25. The highest BCUT2D eigenvalue weighted by Crippen LogP contribution is 2.18. The van der Waals surface area contributed by atoms with E-state index >= 15 is 0 Å². The van der Waals surface area contributed by atoms with E-state index in [2.05, 4.69) is 32.2 Å². The molecule has 2 rings (SSSR count). The average Bonchev–Trinajstić information content (AvgIpc) is 2.50. The smallest absolute Gasteiger partial charge is 0.236 e. The number of carbonyl (C=O) groups excluding carboxylic acids is 1. The Bertz CT molecular complexity index is 493. The minimum absolute atomic E-state index is 0.195. The van der Waals surface area contributed by atoms with Gasteiger partial charge in [0.25, 0.3) is 0 Å². The molecule has 0 bridgehead atoms. The number of likely N-dealkylation sites (N-methyl/N-ethyl adjacent to an activating group) is 1. The second-order valence-electron chi connectivity index (χ2n) is 6.14. The number of nitrogens with zero attached hydrogens (tertiary/aromatic N) is 2. The van der Waals surface area contributed by atoms with Crippen LogP contribution in [0.2, 0.25) is 0 Å². The summed E-state index contributed by atoms with van der Waals surface area (Å²) in [6, 6.07) is 8.06. The van der Waals surface area contributed by atoms with Gasteiger partial charge in [-0.2, -0.15) is 0 Å². The summed E-state index contributed by atoms with van der Waals surface area (Å²) >= 11 is 3.54. The highest BCUT2D eigenvalue weighted by Gasteiger charge is 2.22. The standard InChI is InChI=1S/C17H26BrN3O/c1-19-10-14-6-5-9-21(11-14)13-17(22)20(2)12-15-7-3-4-8-16(15)18/h3-4,7-8,14,19H,5-6,9-13H2,1-2H3. The Balaban J connectivity index is 1.84. The first-order valence-electron chi connectivity index (χ1n) is 7.94. The summed E-state index contributed by atoms with van der Waals surface area (Å²) < 4.78 is 1.06. The van der Waals surface area contributed by atoms with E-state index in [-0.39, 0.29) is 5.91 Å². The van der Waals surface area contributed by atoms with Crippen LogP contribution in [-0.4, -0.2) is 56.0 Å². The van der Waals surface area contributed by atoms with Crippen LogP contribution in [0.3, 0.4) is 0 Å². The molecule has 0 aliphatic carbocycles. The molecule has 1 fully saturated rings. The molecule has 1 unspecified atom stereocenters. The van der Waals surface area contributed by atoms with Crippen molar-refractivity contribution in [3.8, 4) is 0 Å². The Morgan fingerprint density at radius 3 is 2.95 bits per heavy atom. The van der Waals surface area contributed by atoms with Gasteiger partial charge >= 0.3 is 0 Å². The number of nitrogens with one attached hydrogen (secondary N) is 1. The molecule has 0 radical (unpaired) electrons. The lowest BCUT2D eigenvalue weighted by Crippen LogP contribution is -2.44. The molecule has 1 aromatic rings. The second kappa shape index (κ2) is 8.65. The van der Waals surface area contributed by atoms with Crippen molar-refractivity contribution < 1.29 is 4.79 Å². The Morgan fingerprint density at radius 2 is 2.23 bits per heavy atom. The van der Waals surface area contributed by atoms with Crippen LogP contribution in [0.15, 0.2) is 28.7 Å². The average molecular weight is 368 g/mol. The highest BCUT2D eigenvalue weighted by molar-refractivity contribution is 9.10. The van der Waals surface area contributed by atoms with Crippen LogP contribution in [-0.2, 0) is 11.3 Å². The van der Waals surface area contributed by atoms with Gasteiger partial charge in [-0.05, 0) is 50.5 Å². The summed E-state index contributed by atoms with van der Waals surface area (Å²) in [5.74, 6) is 0.862. The topological polar surface area (TPSA) is 35.6 Å². The van der Waals surface area contributed by atoms with Gasteiger partial charge in [0, 0.05) is 24.6 Å². The molecule has 4 nitrogen and oxygen atoms in total. The summed E-state index contributed by atoms with van der Waals surface area (Å²) in [6.07, 6.45) is 2.45. The summed E-state index contributed by atoms with van der Waals surface area (Å²) in [5, 5.41) is 3.25. The van der Waals surface area contributed by atoms with Gasteiger partial charge in [-0.1, -0.05) is 34.1 Å². The van der Waals surface area contributed by atoms with E-state index in [9.17, 15) is 4.79 Å². The van der Waals surface area contributed by atoms with E-state index in [0.717, 1.165) is 29.7 Å². The third kappa shape index (κ3) is 5.07. The van der Waals surface area contributed by atoms with E-state index in [1.807, 2.05) is 37.2 Å². The number of carbonyl (C=O) groups is 1. The molecule has 1 aliphatic heterocycles. The number of benzene rings is 1. The predicted octanol–water partition coefficient (Wildman–Crippen LogP) is 2.34. The summed E-state index contributed by atoms with van der Waals surface area (Å²) in [5.41, 5.74) is 1.14. The van der Waals surface area contributed by atoms with Gasteiger partial charge < -0.3 is 10.2 Å². The first-order chi connectivity index (χ1) is 10.6. The van der Waals surface area contributed by atoms with Crippen molar-refractivity contribution in [2.24, 2.45) is 5.92 Å². The summed E-state index contributed by atoms with van der Waals surface area (Å²) in [7, 11) is 3.88. The maximum atomic E-state index is 12.4. The van der Waals surface area contributed by atoms with Crippen molar-refractivity contribution in [1.82, 2.24) is 15.1 Å². The van der Waals surface area contributed by atoms with Gasteiger partial charge in [0.05, 0.1) is 6.54 Å². The Morgan fingerprint density at radius 1 is 1.45 bits per heavy atom. The number of rotatable bonds is 6. The zero-order valence-electron chi connectivity index (χ0n) is 13.5. The molecule has 5 heteroatoms. The van der Waals surface area contributed by atoms with E-state index < -0.39 is 0 Å². The van der Waals surface area contributed by atoms with Crippen molar-refractivity contribution in [2.45, 2.75) is 19.4 Å². The number of hydrogen-bond acceptors (Lipinski definition) is 3. The van der Waals surface area contributed by atoms with Crippen molar-refractivity contribution in [1.29, 1.82) is 0 Å². The van der Waals surface area contributed by atoms with Gasteiger partial charge in [-0.3, -0.25) is 9.69 Å².